The highest BCUT2D eigenvalue weighted by molar-refractivity contribution is 5.97. The van der Waals surface area contributed by atoms with Crippen molar-refractivity contribution >= 4 is 16.9 Å². The lowest BCUT2D eigenvalue weighted by molar-refractivity contribution is 0.0524. The van der Waals surface area contributed by atoms with E-state index in [0.29, 0.717) is 12.4 Å². The van der Waals surface area contributed by atoms with Crippen LogP contribution in [0.5, 0.6) is 0 Å². The van der Waals surface area contributed by atoms with Gasteiger partial charge in [-0.25, -0.2) is 4.79 Å². The van der Waals surface area contributed by atoms with E-state index in [1.165, 1.54) is 51.4 Å². The fourth-order valence-electron chi connectivity index (χ4n) is 4.24. The van der Waals surface area contributed by atoms with Gasteiger partial charge >= 0.3 is 6.09 Å². The van der Waals surface area contributed by atoms with Gasteiger partial charge < -0.3 is 14.6 Å². The van der Waals surface area contributed by atoms with E-state index in [2.05, 4.69) is 22.4 Å². The Bertz CT molecular complexity index is 1070. The predicted octanol–water partition coefficient (Wildman–Crippen LogP) is 7.99. The molecular formula is C29H41N3O3. The second kappa shape index (κ2) is 13.3. The normalized spacial score (nSPS) is 11.7. The molecule has 0 spiro atoms. The number of rotatable bonds is 13. The zero-order valence-electron chi connectivity index (χ0n) is 21.9. The Morgan fingerprint density at radius 1 is 0.914 bits per heavy atom. The number of nitrogens with one attached hydrogen (secondary N) is 1. The van der Waals surface area contributed by atoms with Crippen molar-refractivity contribution < 1.29 is 14.1 Å². The van der Waals surface area contributed by atoms with Crippen molar-refractivity contribution in [3.05, 3.63) is 47.8 Å². The fraction of sp³-hybridized carbons (Fsp3) is 0.552. The Kier molecular flexibility index (Phi) is 10.1. The number of fused-ring (bicyclic) bond motifs is 1. The third-order valence-electron chi connectivity index (χ3n) is 6.04. The lowest BCUT2D eigenvalue weighted by Gasteiger charge is -2.20. The molecule has 6 heteroatoms. The van der Waals surface area contributed by atoms with Gasteiger partial charge in [-0.15, -0.1) is 0 Å². The lowest BCUT2D eigenvalue weighted by atomic mass is 9.99. The van der Waals surface area contributed by atoms with E-state index in [4.69, 9.17) is 9.26 Å². The topological polar surface area (TPSA) is 77.2 Å². The van der Waals surface area contributed by atoms with Gasteiger partial charge in [0.25, 0.3) is 5.89 Å². The van der Waals surface area contributed by atoms with Gasteiger partial charge in [-0.05, 0) is 49.6 Å². The first kappa shape index (κ1) is 26.7. The average Bonchev–Trinajstić information content (AvgIpc) is 3.29. The van der Waals surface area contributed by atoms with E-state index in [-0.39, 0.29) is 0 Å². The monoisotopic (exact) mass is 479 g/mol. The number of aromatic nitrogens is 2. The number of hydrogen-bond acceptors (Lipinski definition) is 5. The Hall–Kier alpha value is -2.89. The maximum absolute atomic E-state index is 12.1. The van der Waals surface area contributed by atoms with Gasteiger partial charge in [-0.2, -0.15) is 4.98 Å². The molecule has 35 heavy (non-hydrogen) atoms. The van der Waals surface area contributed by atoms with Crippen molar-refractivity contribution in [1.29, 1.82) is 0 Å². The number of carbonyl (C=O) groups is 1. The van der Waals surface area contributed by atoms with Gasteiger partial charge in [0, 0.05) is 18.5 Å². The molecule has 3 aromatic rings. The summed E-state index contributed by atoms with van der Waals surface area (Å²) in [5.41, 5.74) is 1.39. The van der Waals surface area contributed by atoms with Crippen LogP contribution >= 0.6 is 0 Å². The molecule has 0 unspecified atom stereocenters. The summed E-state index contributed by atoms with van der Waals surface area (Å²) < 4.78 is 11.0. The van der Waals surface area contributed by atoms with Crippen LogP contribution in [-0.2, 0) is 17.7 Å². The van der Waals surface area contributed by atoms with Crippen molar-refractivity contribution in [3.8, 4) is 11.5 Å². The quantitative estimate of drug-likeness (QED) is 0.251. The fourth-order valence-corrected chi connectivity index (χ4v) is 4.24. The Morgan fingerprint density at radius 2 is 1.57 bits per heavy atom. The van der Waals surface area contributed by atoms with Gasteiger partial charge in [-0.3, -0.25) is 0 Å². The van der Waals surface area contributed by atoms with Gasteiger partial charge in [0.15, 0.2) is 5.82 Å². The Balaban J connectivity index is 1.57. The lowest BCUT2D eigenvalue weighted by Crippen LogP contribution is -2.32. The Morgan fingerprint density at radius 3 is 2.26 bits per heavy atom. The molecule has 0 saturated heterocycles. The first-order valence-corrected chi connectivity index (χ1v) is 13.2. The Labute approximate surface area is 209 Å². The summed E-state index contributed by atoms with van der Waals surface area (Å²) >= 11 is 0. The number of hydrogen-bond donors (Lipinski definition) is 1. The molecule has 0 aliphatic carbocycles. The number of alkyl carbamates (subject to hydrolysis) is 1. The van der Waals surface area contributed by atoms with Crippen molar-refractivity contribution in [2.24, 2.45) is 0 Å². The minimum absolute atomic E-state index is 0.378. The third kappa shape index (κ3) is 8.68. The summed E-state index contributed by atoms with van der Waals surface area (Å²) in [6, 6.07) is 12.1. The van der Waals surface area contributed by atoms with Crippen LogP contribution < -0.4 is 5.32 Å². The molecule has 1 aromatic heterocycles. The molecule has 6 nitrogen and oxygen atoms in total. The van der Waals surface area contributed by atoms with E-state index >= 15 is 0 Å². The highest BCUT2D eigenvalue weighted by atomic mass is 16.6. The largest absolute Gasteiger partial charge is 0.444 e. The van der Waals surface area contributed by atoms with Crippen LogP contribution in [0.3, 0.4) is 0 Å². The maximum atomic E-state index is 12.1. The van der Waals surface area contributed by atoms with Crippen molar-refractivity contribution in [3.63, 3.8) is 0 Å². The molecule has 1 N–H and O–H groups in total. The van der Waals surface area contributed by atoms with Crippen LogP contribution in [0.2, 0.25) is 0 Å². The van der Waals surface area contributed by atoms with Crippen LogP contribution in [0.25, 0.3) is 22.2 Å². The van der Waals surface area contributed by atoms with Crippen molar-refractivity contribution in [2.75, 3.05) is 0 Å². The molecule has 0 atom stereocenters. The van der Waals surface area contributed by atoms with Crippen LogP contribution in [0.4, 0.5) is 4.79 Å². The molecular weight excluding hydrogens is 438 g/mol. The highest BCUT2D eigenvalue weighted by Crippen LogP contribution is 2.30. The number of unbranched alkanes of at least 4 members (excludes halogenated alkanes) is 8. The van der Waals surface area contributed by atoms with Crippen LogP contribution in [0.15, 0.2) is 40.9 Å². The molecule has 1 amide bonds. The van der Waals surface area contributed by atoms with Crippen LogP contribution in [-0.4, -0.2) is 21.8 Å². The van der Waals surface area contributed by atoms with Crippen LogP contribution in [0.1, 0.15) is 96.9 Å². The smallest absolute Gasteiger partial charge is 0.407 e. The number of ether oxygens (including phenoxy) is 1. The van der Waals surface area contributed by atoms with E-state index in [1.54, 1.807) is 0 Å². The van der Waals surface area contributed by atoms with Crippen LogP contribution in [0, 0.1) is 0 Å². The van der Waals surface area contributed by atoms with Gasteiger partial charge in [0.2, 0.25) is 0 Å². The summed E-state index contributed by atoms with van der Waals surface area (Å²) in [7, 11) is 0. The molecule has 0 fully saturated rings. The highest BCUT2D eigenvalue weighted by Gasteiger charge is 2.17. The maximum Gasteiger partial charge on any atom is 0.407 e. The summed E-state index contributed by atoms with van der Waals surface area (Å²) in [4.78, 5) is 16.8. The predicted molar refractivity (Wildman–Crippen MR) is 141 cm³/mol. The molecule has 3 rings (SSSR count). The molecule has 0 radical (unpaired) electrons. The number of carbonyl (C=O) groups excluding carboxylic acids is 1. The SMILES string of the molecule is CCCCCCCCCCCc1noc(-c2ccc(CNC(=O)OC(C)(C)C)c3ccccc23)n1. The van der Waals surface area contributed by atoms with Gasteiger partial charge in [0.05, 0.1) is 0 Å². The van der Waals surface area contributed by atoms with E-state index in [9.17, 15) is 4.79 Å². The molecule has 190 valence electrons. The van der Waals surface area contributed by atoms with Crippen molar-refractivity contribution in [2.45, 2.75) is 104 Å². The standard InChI is InChI=1S/C29H41N3O3/c1-5-6-7-8-9-10-11-12-13-18-26-31-27(35-32-26)25-20-19-22(23-16-14-15-17-24(23)25)21-30-28(33)34-29(2,3)4/h14-17,19-20H,5-13,18,21H2,1-4H3,(H,30,33). The minimum Gasteiger partial charge on any atom is -0.444 e. The van der Waals surface area contributed by atoms with Gasteiger partial charge in [0.1, 0.15) is 5.60 Å². The average molecular weight is 480 g/mol. The summed E-state index contributed by atoms with van der Waals surface area (Å²) in [6.07, 6.45) is 12.1. The zero-order chi connectivity index (χ0) is 25.1. The summed E-state index contributed by atoms with van der Waals surface area (Å²) in [6.45, 7) is 8.19. The summed E-state index contributed by atoms with van der Waals surface area (Å²) in [5.74, 6) is 1.31. The zero-order valence-corrected chi connectivity index (χ0v) is 21.9. The van der Waals surface area contributed by atoms with E-state index in [0.717, 1.165) is 40.6 Å². The molecule has 0 bridgehead atoms. The molecule has 2 aromatic carbocycles. The third-order valence-corrected chi connectivity index (χ3v) is 6.04. The first-order chi connectivity index (χ1) is 16.9. The number of nitrogens with zero attached hydrogens (tertiary/aromatic N) is 2. The molecule has 0 aliphatic rings. The second-order valence-corrected chi connectivity index (χ2v) is 10.3. The number of benzene rings is 2. The number of amides is 1. The first-order valence-electron chi connectivity index (χ1n) is 13.2. The second-order valence-electron chi connectivity index (χ2n) is 10.3. The van der Waals surface area contributed by atoms with E-state index in [1.807, 2.05) is 57.2 Å². The number of aryl methyl sites for hydroxylation is 1. The molecule has 0 saturated carbocycles. The van der Waals surface area contributed by atoms with Crippen molar-refractivity contribution in [1.82, 2.24) is 15.5 Å². The van der Waals surface area contributed by atoms with Gasteiger partial charge in [-0.1, -0.05) is 93.8 Å². The molecule has 1 heterocycles. The minimum atomic E-state index is -0.528. The molecule has 0 aliphatic heterocycles. The summed E-state index contributed by atoms with van der Waals surface area (Å²) in [5, 5.41) is 9.14. The van der Waals surface area contributed by atoms with E-state index < -0.39 is 11.7 Å².